The molecule has 0 saturated carbocycles. The molecule has 3 rings (SSSR count). The molecule has 0 unspecified atom stereocenters. The highest BCUT2D eigenvalue weighted by molar-refractivity contribution is 7.89. The predicted octanol–water partition coefficient (Wildman–Crippen LogP) is 2.75. The Morgan fingerprint density at radius 3 is 2.40 bits per heavy atom. The average Bonchev–Trinajstić information content (AvgIpc) is 2.62. The molecular formula is C17H19N3O4S. The number of anilines is 1. The first-order chi connectivity index (χ1) is 11.9. The van der Waals surface area contributed by atoms with Crippen LogP contribution in [-0.2, 0) is 10.0 Å². The Morgan fingerprint density at radius 1 is 1.08 bits per heavy atom. The van der Waals surface area contributed by atoms with Crippen molar-refractivity contribution >= 4 is 21.4 Å². The van der Waals surface area contributed by atoms with Gasteiger partial charge in [-0.25, -0.2) is 8.42 Å². The summed E-state index contributed by atoms with van der Waals surface area (Å²) in [5, 5.41) is 11.1. The molecule has 7 nitrogen and oxygen atoms in total. The van der Waals surface area contributed by atoms with Crippen LogP contribution >= 0.6 is 0 Å². The SMILES string of the molecule is Nc1cccc(C2CCN(S(=O)(=O)c3ccccc3[N+](=O)[O-])CC2)c1. The molecule has 0 amide bonds. The fourth-order valence-electron chi connectivity index (χ4n) is 3.21. The number of nitrogen functional groups attached to an aromatic ring is 1. The van der Waals surface area contributed by atoms with Gasteiger partial charge in [-0.15, -0.1) is 0 Å². The van der Waals surface area contributed by atoms with Crippen molar-refractivity contribution in [1.82, 2.24) is 4.31 Å². The molecule has 1 aliphatic rings. The number of para-hydroxylation sites is 1. The molecule has 1 aliphatic heterocycles. The van der Waals surface area contributed by atoms with Crippen LogP contribution in [0.15, 0.2) is 53.4 Å². The molecule has 1 heterocycles. The lowest BCUT2D eigenvalue weighted by Crippen LogP contribution is -2.38. The molecule has 0 spiro atoms. The second kappa shape index (κ2) is 6.81. The molecule has 0 radical (unpaired) electrons. The van der Waals surface area contributed by atoms with E-state index in [4.69, 9.17) is 5.73 Å². The lowest BCUT2D eigenvalue weighted by Gasteiger charge is -2.31. The summed E-state index contributed by atoms with van der Waals surface area (Å²) in [4.78, 5) is 10.2. The van der Waals surface area contributed by atoms with Crippen LogP contribution in [0.2, 0.25) is 0 Å². The van der Waals surface area contributed by atoms with Crippen molar-refractivity contribution in [1.29, 1.82) is 0 Å². The van der Waals surface area contributed by atoms with Crippen molar-refractivity contribution in [2.45, 2.75) is 23.7 Å². The van der Waals surface area contributed by atoms with E-state index in [0.717, 1.165) is 5.56 Å². The minimum absolute atomic E-state index is 0.237. The van der Waals surface area contributed by atoms with Crippen LogP contribution in [0.4, 0.5) is 11.4 Å². The van der Waals surface area contributed by atoms with Crippen LogP contribution in [0, 0.1) is 10.1 Å². The smallest absolute Gasteiger partial charge is 0.289 e. The molecule has 132 valence electrons. The summed E-state index contributed by atoms with van der Waals surface area (Å²) in [5.41, 5.74) is 7.21. The third-order valence-corrected chi connectivity index (χ3v) is 6.46. The largest absolute Gasteiger partial charge is 0.399 e. The average molecular weight is 361 g/mol. The molecular weight excluding hydrogens is 342 g/mol. The van der Waals surface area contributed by atoms with Crippen LogP contribution in [0.5, 0.6) is 0 Å². The number of sulfonamides is 1. The fourth-order valence-corrected chi connectivity index (χ4v) is 4.83. The number of hydrogen-bond acceptors (Lipinski definition) is 5. The van der Waals surface area contributed by atoms with Gasteiger partial charge in [0.2, 0.25) is 10.0 Å². The first kappa shape index (κ1) is 17.4. The quantitative estimate of drug-likeness (QED) is 0.512. The molecule has 25 heavy (non-hydrogen) atoms. The summed E-state index contributed by atoms with van der Waals surface area (Å²) in [6.45, 7) is 0.654. The van der Waals surface area contributed by atoms with Gasteiger partial charge in [0.15, 0.2) is 4.90 Å². The number of nitrogens with two attached hydrogens (primary N) is 1. The van der Waals surface area contributed by atoms with Crippen molar-refractivity contribution in [3.05, 3.63) is 64.2 Å². The van der Waals surface area contributed by atoms with Crippen LogP contribution in [0.25, 0.3) is 0 Å². The van der Waals surface area contributed by atoms with Crippen molar-refractivity contribution in [2.24, 2.45) is 0 Å². The van der Waals surface area contributed by atoms with Gasteiger partial charge in [0, 0.05) is 24.8 Å². The molecule has 2 N–H and O–H groups in total. The van der Waals surface area contributed by atoms with E-state index in [2.05, 4.69) is 0 Å². The van der Waals surface area contributed by atoms with Crippen LogP contribution in [0.1, 0.15) is 24.3 Å². The maximum absolute atomic E-state index is 12.8. The van der Waals surface area contributed by atoms with E-state index in [1.807, 2.05) is 24.3 Å². The molecule has 0 aliphatic carbocycles. The number of piperidine rings is 1. The van der Waals surface area contributed by atoms with Crippen molar-refractivity contribution in [2.75, 3.05) is 18.8 Å². The van der Waals surface area contributed by atoms with E-state index >= 15 is 0 Å². The van der Waals surface area contributed by atoms with E-state index in [-0.39, 0.29) is 16.5 Å². The molecule has 1 saturated heterocycles. The second-order valence-electron chi connectivity index (χ2n) is 6.07. The van der Waals surface area contributed by atoms with Gasteiger partial charge in [0.25, 0.3) is 5.69 Å². The molecule has 2 aromatic rings. The number of rotatable bonds is 4. The zero-order valence-electron chi connectivity index (χ0n) is 13.5. The molecule has 1 fully saturated rings. The summed E-state index contributed by atoms with van der Waals surface area (Å²) in [6.07, 6.45) is 1.31. The molecule has 2 aromatic carbocycles. The number of nitrogens with zero attached hydrogens (tertiary/aromatic N) is 2. The Bertz CT molecular complexity index is 890. The number of nitro benzene ring substituents is 1. The lowest BCUT2D eigenvalue weighted by molar-refractivity contribution is -0.387. The Hall–Kier alpha value is -2.45. The van der Waals surface area contributed by atoms with E-state index in [9.17, 15) is 18.5 Å². The molecule has 0 aromatic heterocycles. The first-order valence-corrected chi connectivity index (χ1v) is 9.42. The van der Waals surface area contributed by atoms with Gasteiger partial charge in [0.05, 0.1) is 4.92 Å². The highest BCUT2D eigenvalue weighted by atomic mass is 32.2. The maximum atomic E-state index is 12.8. The minimum Gasteiger partial charge on any atom is -0.399 e. The molecule has 0 bridgehead atoms. The normalized spacial score (nSPS) is 16.6. The van der Waals surface area contributed by atoms with Gasteiger partial charge in [-0.1, -0.05) is 24.3 Å². The van der Waals surface area contributed by atoms with E-state index in [1.165, 1.54) is 28.6 Å². The van der Waals surface area contributed by atoms with Gasteiger partial charge < -0.3 is 5.73 Å². The maximum Gasteiger partial charge on any atom is 0.289 e. The second-order valence-corrected chi connectivity index (χ2v) is 7.98. The summed E-state index contributed by atoms with van der Waals surface area (Å²) >= 11 is 0. The minimum atomic E-state index is -3.88. The van der Waals surface area contributed by atoms with Crippen LogP contribution in [-0.4, -0.2) is 30.7 Å². The third-order valence-electron chi connectivity index (χ3n) is 4.52. The van der Waals surface area contributed by atoms with E-state index in [1.54, 1.807) is 0 Å². The number of benzene rings is 2. The highest BCUT2D eigenvalue weighted by Gasteiger charge is 2.34. The van der Waals surface area contributed by atoms with Gasteiger partial charge >= 0.3 is 0 Å². The van der Waals surface area contributed by atoms with Crippen LogP contribution < -0.4 is 5.73 Å². The highest BCUT2D eigenvalue weighted by Crippen LogP contribution is 2.33. The Labute approximate surface area is 146 Å². The first-order valence-electron chi connectivity index (χ1n) is 7.98. The molecule has 0 atom stereocenters. The van der Waals surface area contributed by atoms with Gasteiger partial charge in [-0.3, -0.25) is 10.1 Å². The monoisotopic (exact) mass is 361 g/mol. The number of nitro groups is 1. The Balaban J connectivity index is 1.79. The van der Waals surface area contributed by atoms with Crippen molar-refractivity contribution < 1.29 is 13.3 Å². The summed E-state index contributed by atoms with van der Waals surface area (Å²) in [7, 11) is -3.88. The fraction of sp³-hybridized carbons (Fsp3) is 0.294. The van der Waals surface area contributed by atoms with Crippen molar-refractivity contribution in [3.8, 4) is 0 Å². The third kappa shape index (κ3) is 3.49. The lowest BCUT2D eigenvalue weighted by atomic mass is 9.90. The number of hydrogen-bond donors (Lipinski definition) is 1. The standard InChI is InChI=1S/C17H19N3O4S/c18-15-5-3-4-14(12-15)13-8-10-19(11-9-13)25(23,24)17-7-2-1-6-16(17)20(21)22/h1-7,12-13H,8-11,18H2. The van der Waals surface area contributed by atoms with Crippen LogP contribution in [0.3, 0.4) is 0 Å². The van der Waals surface area contributed by atoms with E-state index in [0.29, 0.717) is 31.6 Å². The Kier molecular flexibility index (Phi) is 4.73. The predicted molar refractivity (Wildman–Crippen MR) is 94.7 cm³/mol. The van der Waals surface area contributed by atoms with Crippen molar-refractivity contribution in [3.63, 3.8) is 0 Å². The van der Waals surface area contributed by atoms with Gasteiger partial charge in [0.1, 0.15) is 0 Å². The zero-order valence-corrected chi connectivity index (χ0v) is 14.4. The molecule has 8 heteroatoms. The summed E-state index contributed by atoms with van der Waals surface area (Å²) in [5.74, 6) is 0.237. The summed E-state index contributed by atoms with van der Waals surface area (Å²) < 4.78 is 27.0. The van der Waals surface area contributed by atoms with E-state index < -0.39 is 14.9 Å². The topological polar surface area (TPSA) is 107 Å². The zero-order chi connectivity index (χ0) is 18.0. The summed E-state index contributed by atoms with van der Waals surface area (Å²) in [6, 6.07) is 13.1. The Morgan fingerprint density at radius 2 is 1.76 bits per heavy atom. The van der Waals surface area contributed by atoms with Gasteiger partial charge in [-0.2, -0.15) is 4.31 Å². The van der Waals surface area contributed by atoms with Gasteiger partial charge in [-0.05, 0) is 42.5 Å².